The number of benzene rings is 2. The molecular formula is C20H18ClFN6O3S. The number of nitro benzene ring substituents is 1. The maximum atomic E-state index is 13.0. The standard InChI is InChI=1S/C20H18ClFN6O3S/c21-13-1-6-16(17(11-13)28(30)31)27-9-7-26(8-10-27)12-18-24-25-20(32-18)19(29)23-15-4-2-14(22)3-5-15/h1-6,11H,7-10,12H2,(H,23,29). The van der Waals surface area contributed by atoms with Gasteiger partial charge in [-0.15, -0.1) is 10.2 Å². The highest BCUT2D eigenvalue weighted by molar-refractivity contribution is 7.13. The number of nitrogens with zero attached hydrogens (tertiary/aromatic N) is 5. The third-order valence-corrected chi connectivity index (χ3v) is 6.11. The molecule has 4 rings (SSSR count). The third kappa shape index (κ3) is 5.18. The van der Waals surface area contributed by atoms with Gasteiger partial charge in [0.05, 0.1) is 11.5 Å². The first-order chi connectivity index (χ1) is 15.4. The first-order valence-corrected chi connectivity index (χ1v) is 10.9. The molecule has 166 valence electrons. The number of aromatic nitrogens is 2. The van der Waals surface area contributed by atoms with E-state index in [1.165, 1.54) is 41.7 Å². The molecule has 0 spiro atoms. The van der Waals surface area contributed by atoms with E-state index < -0.39 is 10.8 Å². The van der Waals surface area contributed by atoms with E-state index in [2.05, 4.69) is 20.4 Å². The highest BCUT2D eigenvalue weighted by Gasteiger charge is 2.25. The number of hydrogen-bond donors (Lipinski definition) is 1. The van der Waals surface area contributed by atoms with Gasteiger partial charge in [0.25, 0.3) is 11.6 Å². The van der Waals surface area contributed by atoms with Crippen molar-refractivity contribution >= 4 is 45.9 Å². The van der Waals surface area contributed by atoms with Gasteiger partial charge in [0.2, 0.25) is 5.01 Å². The van der Waals surface area contributed by atoms with Crippen LogP contribution < -0.4 is 10.2 Å². The molecule has 1 saturated heterocycles. The minimum atomic E-state index is -0.423. The van der Waals surface area contributed by atoms with Gasteiger partial charge in [0.1, 0.15) is 16.5 Å². The summed E-state index contributed by atoms with van der Waals surface area (Å²) in [5, 5.41) is 23.3. The van der Waals surface area contributed by atoms with E-state index in [9.17, 15) is 19.3 Å². The van der Waals surface area contributed by atoms with Gasteiger partial charge < -0.3 is 10.2 Å². The van der Waals surface area contributed by atoms with Crippen LogP contribution in [-0.2, 0) is 6.54 Å². The molecule has 0 atom stereocenters. The summed E-state index contributed by atoms with van der Waals surface area (Å²) < 4.78 is 13.0. The molecule has 1 amide bonds. The smallest absolute Gasteiger partial charge is 0.294 e. The Morgan fingerprint density at radius 2 is 1.88 bits per heavy atom. The van der Waals surface area contributed by atoms with Crippen molar-refractivity contribution in [3.63, 3.8) is 0 Å². The lowest BCUT2D eigenvalue weighted by molar-refractivity contribution is -0.384. The predicted octanol–water partition coefficient (Wildman–Crippen LogP) is 3.81. The number of halogens is 2. The Hall–Kier alpha value is -3.15. The van der Waals surface area contributed by atoms with Gasteiger partial charge in [-0.05, 0) is 36.4 Å². The summed E-state index contributed by atoms with van der Waals surface area (Å²) in [4.78, 5) is 27.4. The highest BCUT2D eigenvalue weighted by atomic mass is 35.5. The van der Waals surface area contributed by atoms with Crippen LogP contribution >= 0.6 is 22.9 Å². The zero-order chi connectivity index (χ0) is 22.7. The minimum Gasteiger partial charge on any atom is -0.363 e. The average Bonchev–Trinajstić information content (AvgIpc) is 3.24. The van der Waals surface area contributed by atoms with Crippen molar-refractivity contribution in [3.8, 4) is 0 Å². The Morgan fingerprint density at radius 3 is 2.56 bits per heavy atom. The summed E-state index contributed by atoms with van der Waals surface area (Å²) >= 11 is 7.10. The van der Waals surface area contributed by atoms with Gasteiger partial charge in [-0.1, -0.05) is 22.9 Å². The van der Waals surface area contributed by atoms with Crippen molar-refractivity contribution in [1.82, 2.24) is 15.1 Å². The molecule has 9 nitrogen and oxygen atoms in total. The highest BCUT2D eigenvalue weighted by Crippen LogP contribution is 2.31. The topological polar surface area (TPSA) is 104 Å². The quantitative estimate of drug-likeness (QED) is 0.426. The molecule has 1 aliphatic rings. The summed E-state index contributed by atoms with van der Waals surface area (Å²) in [5.41, 5.74) is 1.02. The van der Waals surface area contributed by atoms with Crippen LogP contribution in [0.1, 0.15) is 14.8 Å². The van der Waals surface area contributed by atoms with Crippen LogP contribution in [0, 0.1) is 15.9 Å². The number of amides is 1. The Kier molecular flexibility index (Phi) is 6.58. The van der Waals surface area contributed by atoms with Crippen LogP contribution in [-0.4, -0.2) is 52.1 Å². The van der Waals surface area contributed by atoms with Crippen molar-refractivity contribution in [2.24, 2.45) is 0 Å². The average molecular weight is 477 g/mol. The monoisotopic (exact) mass is 476 g/mol. The molecule has 1 fully saturated rings. The van der Waals surface area contributed by atoms with Crippen molar-refractivity contribution in [2.45, 2.75) is 6.54 Å². The summed E-state index contributed by atoms with van der Waals surface area (Å²) in [6.07, 6.45) is 0. The van der Waals surface area contributed by atoms with Crippen LogP contribution in [0.2, 0.25) is 5.02 Å². The van der Waals surface area contributed by atoms with Crippen molar-refractivity contribution in [2.75, 3.05) is 36.4 Å². The molecule has 3 aromatic rings. The number of rotatable bonds is 6. The van der Waals surface area contributed by atoms with E-state index in [-0.39, 0.29) is 16.5 Å². The van der Waals surface area contributed by atoms with E-state index in [4.69, 9.17) is 11.6 Å². The molecule has 1 aliphatic heterocycles. The Balaban J connectivity index is 1.33. The summed E-state index contributed by atoms with van der Waals surface area (Å²) in [5.74, 6) is -0.785. The lowest BCUT2D eigenvalue weighted by atomic mass is 10.2. The molecule has 0 unspecified atom stereocenters. The summed E-state index contributed by atoms with van der Waals surface area (Å²) in [6.45, 7) is 3.10. The second-order valence-electron chi connectivity index (χ2n) is 7.12. The van der Waals surface area contributed by atoms with Gasteiger partial charge in [-0.2, -0.15) is 0 Å². The van der Waals surface area contributed by atoms with E-state index in [0.717, 1.165) is 0 Å². The van der Waals surface area contributed by atoms with Crippen molar-refractivity contribution in [1.29, 1.82) is 0 Å². The zero-order valence-corrected chi connectivity index (χ0v) is 18.3. The first-order valence-electron chi connectivity index (χ1n) is 9.69. The maximum absolute atomic E-state index is 13.0. The van der Waals surface area contributed by atoms with Crippen molar-refractivity contribution < 1.29 is 14.1 Å². The lowest BCUT2D eigenvalue weighted by Crippen LogP contribution is -2.46. The zero-order valence-electron chi connectivity index (χ0n) is 16.7. The number of hydrogen-bond acceptors (Lipinski definition) is 8. The molecule has 0 aliphatic carbocycles. The molecule has 2 aromatic carbocycles. The third-order valence-electron chi connectivity index (χ3n) is 4.97. The van der Waals surface area contributed by atoms with E-state index >= 15 is 0 Å². The van der Waals surface area contributed by atoms with Crippen molar-refractivity contribution in [3.05, 3.63) is 73.4 Å². The predicted molar refractivity (Wildman–Crippen MR) is 120 cm³/mol. The van der Waals surface area contributed by atoms with Crippen LogP contribution in [0.4, 0.5) is 21.5 Å². The van der Waals surface area contributed by atoms with Crippen LogP contribution in [0.3, 0.4) is 0 Å². The molecule has 0 bridgehead atoms. The second kappa shape index (κ2) is 9.55. The molecule has 1 aromatic heterocycles. The molecule has 2 heterocycles. The maximum Gasteiger partial charge on any atom is 0.294 e. The molecular weight excluding hydrogens is 459 g/mol. The summed E-state index contributed by atoms with van der Waals surface area (Å²) in [6, 6.07) is 10.2. The number of carbonyl (C=O) groups is 1. The van der Waals surface area contributed by atoms with E-state index in [1.54, 1.807) is 12.1 Å². The molecule has 0 radical (unpaired) electrons. The molecule has 1 N–H and O–H groups in total. The molecule has 32 heavy (non-hydrogen) atoms. The molecule has 0 saturated carbocycles. The fourth-order valence-corrected chi connectivity index (χ4v) is 4.32. The Bertz CT molecular complexity index is 1130. The van der Waals surface area contributed by atoms with Gasteiger partial charge in [-0.25, -0.2) is 4.39 Å². The van der Waals surface area contributed by atoms with Gasteiger partial charge in [0.15, 0.2) is 0 Å². The number of anilines is 2. The molecule has 12 heteroatoms. The fraction of sp³-hybridized carbons (Fsp3) is 0.250. The van der Waals surface area contributed by atoms with Gasteiger partial charge >= 0.3 is 0 Å². The SMILES string of the molecule is O=C(Nc1ccc(F)cc1)c1nnc(CN2CCN(c3ccc(Cl)cc3[N+](=O)[O-])CC2)s1. The van der Waals surface area contributed by atoms with E-state index in [1.807, 2.05) is 4.90 Å². The first kappa shape index (κ1) is 22.1. The van der Waals surface area contributed by atoms with Crippen LogP contribution in [0.5, 0.6) is 0 Å². The normalized spacial score (nSPS) is 14.4. The van der Waals surface area contributed by atoms with E-state index in [0.29, 0.717) is 54.1 Å². The largest absolute Gasteiger partial charge is 0.363 e. The minimum absolute atomic E-state index is 0.00752. The van der Waals surface area contributed by atoms with Gasteiger partial charge in [0, 0.05) is 43.0 Å². The number of nitrogens with one attached hydrogen (secondary N) is 1. The van der Waals surface area contributed by atoms with Crippen LogP contribution in [0.15, 0.2) is 42.5 Å². The van der Waals surface area contributed by atoms with Gasteiger partial charge in [-0.3, -0.25) is 19.8 Å². The number of nitro groups is 1. The number of piperazine rings is 1. The lowest BCUT2D eigenvalue weighted by Gasteiger charge is -2.35. The number of carbonyl (C=O) groups excluding carboxylic acids is 1. The second-order valence-corrected chi connectivity index (χ2v) is 8.61. The Labute approximate surface area is 191 Å². The fourth-order valence-electron chi connectivity index (χ4n) is 3.38. The Morgan fingerprint density at radius 1 is 1.16 bits per heavy atom. The van der Waals surface area contributed by atoms with Crippen LogP contribution in [0.25, 0.3) is 0 Å². The summed E-state index contributed by atoms with van der Waals surface area (Å²) in [7, 11) is 0.